The highest BCUT2D eigenvalue weighted by Crippen LogP contribution is 1.97. The molecule has 1 unspecified atom stereocenters. The third-order valence-electron chi connectivity index (χ3n) is 1.80. The summed E-state index contributed by atoms with van der Waals surface area (Å²) in [5.74, 6) is 0. The third-order valence-corrected chi connectivity index (χ3v) is 1.80. The lowest BCUT2D eigenvalue weighted by Crippen LogP contribution is -2.14. The smallest absolute Gasteiger partial charge is 0.0849 e. The van der Waals surface area contributed by atoms with Crippen LogP contribution in [-0.2, 0) is 17.7 Å². The molecule has 0 aliphatic rings. The average molecular weight is 185 g/mol. The van der Waals surface area contributed by atoms with Crippen LogP contribution >= 0.6 is 0 Å². The van der Waals surface area contributed by atoms with Crippen LogP contribution in [0.5, 0.6) is 0 Å². The number of aliphatic hydroxyl groups excluding tert-OH is 1. The van der Waals surface area contributed by atoms with Crippen molar-refractivity contribution in [3.63, 3.8) is 0 Å². The molecule has 5 heteroatoms. The van der Waals surface area contributed by atoms with Gasteiger partial charge in [0.2, 0.25) is 0 Å². The molecule has 1 aromatic rings. The lowest BCUT2D eigenvalue weighted by molar-refractivity contribution is 0.0993. The van der Waals surface area contributed by atoms with E-state index in [9.17, 15) is 0 Å². The van der Waals surface area contributed by atoms with Gasteiger partial charge < -0.3 is 9.84 Å². The summed E-state index contributed by atoms with van der Waals surface area (Å²) in [6, 6.07) is 0. The molecular formula is C8H15N3O2. The number of hydrogen-bond donors (Lipinski definition) is 1. The molecule has 0 aromatic carbocycles. The Balaban J connectivity index is 2.48. The van der Waals surface area contributed by atoms with Gasteiger partial charge in [-0.15, -0.1) is 5.10 Å². The zero-order valence-electron chi connectivity index (χ0n) is 7.97. The molecule has 1 aromatic heterocycles. The van der Waals surface area contributed by atoms with E-state index >= 15 is 0 Å². The Bertz CT molecular complexity index is 249. The van der Waals surface area contributed by atoms with Crippen molar-refractivity contribution in [3.05, 3.63) is 11.9 Å². The summed E-state index contributed by atoms with van der Waals surface area (Å²) in [7, 11) is 1.66. The second-order valence-electron chi connectivity index (χ2n) is 2.95. The molecule has 74 valence electrons. The van der Waals surface area contributed by atoms with Crippen molar-refractivity contribution < 1.29 is 9.84 Å². The van der Waals surface area contributed by atoms with Gasteiger partial charge in [0.05, 0.1) is 18.3 Å². The number of ether oxygens (including phenoxy) is 1. The van der Waals surface area contributed by atoms with Gasteiger partial charge in [-0.2, -0.15) is 0 Å². The van der Waals surface area contributed by atoms with Crippen molar-refractivity contribution in [2.45, 2.75) is 26.0 Å². The quantitative estimate of drug-likeness (QED) is 0.693. The summed E-state index contributed by atoms with van der Waals surface area (Å²) < 4.78 is 6.81. The van der Waals surface area contributed by atoms with Crippen molar-refractivity contribution in [2.75, 3.05) is 13.7 Å². The van der Waals surface area contributed by atoms with Crippen LogP contribution in [0.15, 0.2) is 6.20 Å². The van der Waals surface area contributed by atoms with E-state index in [2.05, 4.69) is 10.3 Å². The van der Waals surface area contributed by atoms with Gasteiger partial charge in [0.15, 0.2) is 0 Å². The number of rotatable bonds is 5. The summed E-state index contributed by atoms with van der Waals surface area (Å²) in [5.41, 5.74) is 0.811. The van der Waals surface area contributed by atoms with E-state index in [-0.39, 0.29) is 12.7 Å². The molecule has 0 saturated carbocycles. The van der Waals surface area contributed by atoms with Crippen molar-refractivity contribution in [1.29, 1.82) is 0 Å². The highest BCUT2D eigenvalue weighted by atomic mass is 16.5. The second-order valence-corrected chi connectivity index (χ2v) is 2.95. The van der Waals surface area contributed by atoms with Crippen molar-refractivity contribution in [2.24, 2.45) is 0 Å². The first kappa shape index (κ1) is 10.1. The van der Waals surface area contributed by atoms with Crippen LogP contribution in [0.4, 0.5) is 0 Å². The first-order valence-electron chi connectivity index (χ1n) is 4.29. The summed E-state index contributed by atoms with van der Waals surface area (Å²) in [6.07, 6.45) is 2.51. The van der Waals surface area contributed by atoms with Crippen LogP contribution in [0.1, 0.15) is 12.6 Å². The minimum absolute atomic E-state index is 0.110. The normalized spacial score (nSPS) is 13.2. The minimum atomic E-state index is 0.110. The molecule has 1 rings (SSSR count). The Kier molecular flexibility index (Phi) is 3.85. The lowest BCUT2D eigenvalue weighted by Gasteiger charge is -2.07. The molecule has 13 heavy (non-hydrogen) atoms. The van der Waals surface area contributed by atoms with E-state index < -0.39 is 0 Å². The molecule has 0 amide bonds. The van der Waals surface area contributed by atoms with E-state index in [0.717, 1.165) is 5.69 Å². The average Bonchev–Trinajstić information content (AvgIpc) is 2.53. The van der Waals surface area contributed by atoms with Crippen molar-refractivity contribution >= 4 is 0 Å². The topological polar surface area (TPSA) is 60.2 Å². The number of aromatic nitrogens is 3. The van der Waals surface area contributed by atoms with Crippen molar-refractivity contribution in [3.8, 4) is 0 Å². The molecule has 1 heterocycles. The Morgan fingerprint density at radius 1 is 1.69 bits per heavy atom. The summed E-state index contributed by atoms with van der Waals surface area (Å²) in [6.45, 7) is 2.76. The van der Waals surface area contributed by atoms with Crippen molar-refractivity contribution in [1.82, 2.24) is 15.0 Å². The van der Waals surface area contributed by atoms with Gasteiger partial charge in [0, 0.05) is 26.3 Å². The zero-order valence-corrected chi connectivity index (χ0v) is 7.97. The second kappa shape index (κ2) is 4.94. The Hall–Kier alpha value is -0.940. The van der Waals surface area contributed by atoms with Gasteiger partial charge in [-0.3, -0.25) is 0 Å². The SMILES string of the molecule is COC(C)Cn1cc(CCO)nn1. The van der Waals surface area contributed by atoms with Gasteiger partial charge in [-0.05, 0) is 6.92 Å². The first-order chi connectivity index (χ1) is 6.26. The van der Waals surface area contributed by atoms with E-state index in [1.165, 1.54) is 0 Å². The van der Waals surface area contributed by atoms with Crippen LogP contribution in [0.25, 0.3) is 0 Å². The summed E-state index contributed by atoms with van der Waals surface area (Å²) in [5, 5.41) is 16.4. The molecule has 0 radical (unpaired) electrons. The summed E-state index contributed by atoms with van der Waals surface area (Å²) in [4.78, 5) is 0. The number of hydrogen-bond acceptors (Lipinski definition) is 4. The third kappa shape index (κ3) is 3.12. The molecule has 0 saturated heterocycles. The fourth-order valence-corrected chi connectivity index (χ4v) is 0.995. The fraction of sp³-hybridized carbons (Fsp3) is 0.750. The molecule has 0 bridgehead atoms. The maximum Gasteiger partial charge on any atom is 0.0849 e. The predicted molar refractivity (Wildman–Crippen MR) is 47.3 cm³/mol. The summed E-state index contributed by atoms with van der Waals surface area (Å²) >= 11 is 0. The standard InChI is InChI=1S/C8H15N3O2/c1-7(13-2)5-11-6-8(3-4-12)9-10-11/h6-7,12H,3-5H2,1-2H3. The fourth-order valence-electron chi connectivity index (χ4n) is 0.995. The molecule has 0 aliphatic heterocycles. The highest BCUT2D eigenvalue weighted by molar-refractivity contribution is 4.92. The van der Waals surface area contributed by atoms with E-state index in [4.69, 9.17) is 9.84 Å². The molecular weight excluding hydrogens is 170 g/mol. The highest BCUT2D eigenvalue weighted by Gasteiger charge is 2.03. The van der Waals surface area contributed by atoms with E-state index in [1.807, 2.05) is 13.1 Å². The Morgan fingerprint density at radius 2 is 2.46 bits per heavy atom. The van der Waals surface area contributed by atoms with Gasteiger partial charge in [-0.1, -0.05) is 5.21 Å². The Labute approximate surface area is 77.3 Å². The van der Waals surface area contributed by atoms with Gasteiger partial charge >= 0.3 is 0 Å². The molecule has 5 nitrogen and oxygen atoms in total. The first-order valence-corrected chi connectivity index (χ1v) is 4.29. The van der Waals surface area contributed by atoms with E-state index in [0.29, 0.717) is 13.0 Å². The number of methoxy groups -OCH3 is 1. The molecule has 0 spiro atoms. The van der Waals surface area contributed by atoms with Crippen LogP contribution in [-0.4, -0.2) is 39.9 Å². The minimum Gasteiger partial charge on any atom is -0.396 e. The number of aliphatic hydroxyl groups is 1. The molecule has 1 atom stereocenters. The lowest BCUT2D eigenvalue weighted by atomic mass is 10.3. The van der Waals surface area contributed by atoms with Gasteiger partial charge in [0.1, 0.15) is 0 Å². The van der Waals surface area contributed by atoms with Crippen LogP contribution in [0.2, 0.25) is 0 Å². The molecule has 1 N–H and O–H groups in total. The maximum atomic E-state index is 8.66. The predicted octanol–water partition coefficient (Wildman–Crippen LogP) is -0.152. The van der Waals surface area contributed by atoms with Crippen LogP contribution < -0.4 is 0 Å². The largest absolute Gasteiger partial charge is 0.396 e. The zero-order chi connectivity index (χ0) is 9.68. The number of nitrogens with zero attached hydrogens (tertiary/aromatic N) is 3. The van der Waals surface area contributed by atoms with Gasteiger partial charge in [-0.25, -0.2) is 4.68 Å². The van der Waals surface area contributed by atoms with Crippen LogP contribution in [0, 0.1) is 0 Å². The van der Waals surface area contributed by atoms with E-state index in [1.54, 1.807) is 11.8 Å². The monoisotopic (exact) mass is 185 g/mol. The Morgan fingerprint density at radius 3 is 3.08 bits per heavy atom. The van der Waals surface area contributed by atoms with Crippen LogP contribution in [0.3, 0.4) is 0 Å². The maximum absolute atomic E-state index is 8.66. The molecule has 0 aliphatic carbocycles. The molecule has 0 fully saturated rings. The van der Waals surface area contributed by atoms with Gasteiger partial charge in [0.25, 0.3) is 0 Å².